The van der Waals surface area contributed by atoms with Crippen molar-refractivity contribution in [2.24, 2.45) is 5.92 Å². The molecule has 5 heteroatoms. The molecule has 0 aliphatic carbocycles. The van der Waals surface area contributed by atoms with Crippen LogP contribution in [0, 0.1) is 5.92 Å². The number of hydrogen-bond donors (Lipinski definition) is 0. The summed E-state index contributed by atoms with van der Waals surface area (Å²) in [5, 5.41) is 3.32. The Bertz CT molecular complexity index is 977. The maximum atomic E-state index is 13.2. The minimum absolute atomic E-state index is 0.0888. The predicted octanol–water partition coefficient (Wildman–Crippen LogP) is 4.10. The van der Waals surface area contributed by atoms with Gasteiger partial charge in [0.2, 0.25) is 5.91 Å². The number of thiophene rings is 1. The van der Waals surface area contributed by atoms with Gasteiger partial charge in [0.05, 0.1) is 11.4 Å². The van der Waals surface area contributed by atoms with Crippen molar-refractivity contribution in [3.63, 3.8) is 0 Å². The molecule has 1 fully saturated rings. The molecule has 0 bridgehead atoms. The molecule has 0 spiro atoms. The lowest BCUT2D eigenvalue weighted by atomic mass is 9.94. The molecule has 5 rings (SSSR count). The fraction of sp³-hybridized carbons (Fsp3) is 0.364. The Morgan fingerprint density at radius 2 is 2.07 bits per heavy atom. The molecule has 3 aromatic rings. The molecule has 1 aromatic carbocycles. The van der Waals surface area contributed by atoms with Crippen molar-refractivity contribution in [3.05, 3.63) is 58.4 Å². The number of amides is 1. The average Bonchev–Trinajstić information content (AvgIpc) is 3.21. The number of hydrogen-bond acceptors (Lipinski definition) is 4. The van der Waals surface area contributed by atoms with Crippen molar-refractivity contribution in [2.45, 2.75) is 25.8 Å². The van der Waals surface area contributed by atoms with Gasteiger partial charge < -0.3 is 9.80 Å². The summed E-state index contributed by atoms with van der Waals surface area (Å²) in [6, 6.07) is 12.5. The first kappa shape index (κ1) is 16.8. The topological polar surface area (TPSA) is 36.4 Å². The number of nitrogens with zero attached hydrogens (tertiary/aromatic N) is 3. The van der Waals surface area contributed by atoms with Crippen LogP contribution in [-0.2, 0) is 17.8 Å². The zero-order chi connectivity index (χ0) is 18.2. The standard InChI is InChI=1S/C22H23N3OS/c26-22(25-12-8-21-16(14-25)9-13-27-21)17-4-3-11-24(15-17)20-7-10-23-19-6-2-1-5-18(19)20/h1-2,5-7,9-10,13,17H,3-4,8,11-12,14-15H2. The lowest BCUT2D eigenvalue weighted by Gasteiger charge is -2.37. The first-order chi connectivity index (χ1) is 13.3. The Labute approximate surface area is 163 Å². The van der Waals surface area contributed by atoms with Gasteiger partial charge in [0, 0.05) is 48.3 Å². The SMILES string of the molecule is O=C(C1CCCN(c2ccnc3ccccc23)C1)N1CCc2sccc2C1. The van der Waals surface area contributed by atoms with Gasteiger partial charge in [-0.25, -0.2) is 0 Å². The normalized spacial score (nSPS) is 19.9. The molecule has 0 saturated carbocycles. The van der Waals surface area contributed by atoms with Crippen LogP contribution in [0.15, 0.2) is 48.0 Å². The minimum Gasteiger partial charge on any atom is -0.370 e. The summed E-state index contributed by atoms with van der Waals surface area (Å²) in [4.78, 5) is 23.6. The lowest BCUT2D eigenvalue weighted by molar-refractivity contribution is -0.136. The molecule has 2 aromatic heterocycles. The lowest BCUT2D eigenvalue weighted by Crippen LogP contribution is -2.46. The second-order valence-electron chi connectivity index (χ2n) is 7.51. The van der Waals surface area contributed by atoms with E-state index in [0.717, 1.165) is 51.0 Å². The van der Waals surface area contributed by atoms with Gasteiger partial charge in [0.15, 0.2) is 0 Å². The Morgan fingerprint density at radius 1 is 1.15 bits per heavy atom. The van der Waals surface area contributed by atoms with E-state index in [1.807, 2.05) is 23.6 Å². The number of rotatable bonds is 2. The van der Waals surface area contributed by atoms with Crippen molar-refractivity contribution in [1.29, 1.82) is 0 Å². The van der Waals surface area contributed by atoms with E-state index in [9.17, 15) is 4.79 Å². The summed E-state index contributed by atoms with van der Waals surface area (Å²) in [5.41, 5.74) is 3.56. The number of para-hydroxylation sites is 1. The van der Waals surface area contributed by atoms with Crippen LogP contribution in [0.5, 0.6) is 0 Å². The van der Waals surface area contributed by atoms with Crippen LogP contribution >= 0.6 is 11.3 Å². The fourth-order valence-corrected chi connectivity index (χ4v) is 5.34. The quantitative estimate of drug-likeness (QED) is 0.675. The van der Waals surface area contributed by atoms with Crippen molar-refractivity contribution >= 4 is 33.8 Å². The summed E-state index contributed by atoms with van der Waals surface area (Å²) in [6.45, 7) is 3.46. The van der Waals surface area contributed by atoms with E-state index in [4.69, 9.17) is 0 Å². The molecule has 1 atom stereocenters. The average molecular weight is 378 g/mol. The highest BCUT2D eigenvalue weighted by Gasteiger charge is 2.31. The highest BCUT2D eigenvalue weighted by Crippen LogP contribution is 2.31. The molecular weight excluding hydrogens is 354 g/mol. The zero-order valence-corrected chi connectivity index (χ0v) is 16.1. The van der Waals surface area contributed by atoms with E-state index >= 15 is 0 Å². The second-order valence-corrected chi connectivity index (χ2v) is 8.51. The van der Waals surface area contributed by atoms with Crippen LogP contribution in [0.3, 0.4) is 0 Å². The van der Waals surface area contributed by atoms with Crippen molar-refractivity contribution < 1.29 is 4.79 Å². The first-order valence-electron chi connectivity index (χ1n) is 9.72. The van der Waals surface area contributed by atoms with Gasteiger partial charge >= 0.3 is 0 Å². The number of piperidine rings is 1. The Hall–Kier alpha value is -2.40. The van der Waals surface area contributed by atoms with E-state index < -0.39 is 0 Å². The fourth-order valence-electron chi connectivity index (χ4n) is 4.45. The molecule has 4 heterocycles. The van der Waals surface area contributed by atoms with E-state index in [1.54, 1.807) is 0 Å². The summed E-state index contributed by atoms with van der Waals surface area (Å²) < 4.78 is 0. The number of anilines is 1. The third-order valence-corrected chi connectivity index (χ3v) is 6.88. The Balaban J connectivity index is 1.36. The van der Waals surface area contributed by atoms with Gasteiger partial charge in [0.25, 0.3) is 0 Å². The molecule has 2 aliphatic heterocycles. The van der Waals surface area contributed by atoms with Gasteiger partial charge in [-0.3, -0.25) is 9.78 Å². The molecule has 4 nitrogen and oxygen atoms in total. The van der Waals surface area contributed by atoms with Crippen LogP contribution in [-0.4, -0.2) is 35.4 Å². The number of benzene rings is 1. The number of carbonyl (C=O) groups excluding carboxylic acids is 1. The molecule has 1 saturated heterocycles. The molecule has 1 unspecified atom stereocenters. The van der Waals surface area contributed by atoms with Gasteiger partial charge in [-0.15, -0.1) is 11.3 Å². The van der Waals surface area contributed by atoms with Crippen molar-refractivity contribution in [2.75, 3.05) is 24.5 Å². The highest BCUT2D eigenvalue weighted by molar-refractivity contribution is 7.10. The van der Waals surface area contributed by atoms with E-state index in [1.165, 1.54) is 21.5 Å². The summed E-state index contributed by atoms with van der Waals surface area (Å²) >= 11 is 1.82. The smallest absolute Gasteiger partial charge is 0.227 e. The van der Waals surface area contributed by atoms with E-state index in [-0.39, 0.29) is 5.92 Å². The van der Waals surface area contributed by atoms with Crippen LogP contribution in [0.2, 0.25) is 0 Å². The zero-order valence-electron chi connectivity index (χ0n) is 15.3. The van der Waals surface area contributed by atoms with Crippen molar-refractivity contribution in [1.82, 2.24) is 9.88 Å². The number of pyridine rings is 1. The molecule has 0 radical (unpaired) electrons. The number of carbonyl (C=O) groups is 1. The molecule has 0 N–H and O–H groups in total. The first-order valence-corrected chi connectivity index (χ1v) is 10.6. The number of aromatic nitrogens is 1. The molecule has 27 heavy (non-hydrogen) atoms. The molecule has 138 valence electrons. The molecule has 1 amide bonds. The summed E-state index contributed by atoms with van der Waals surface area (Å²) in [6.07, 6.45) is 4.94. The summed E-state index contributed by atoms with van der Waals surface area (Å²) in [5.74, 6) is 0.417. The van der Waals surface area contributed by atoms with Crippen LogP contribution in [0.4, 0.5) is 5.69 Å². The van der Waals surface area contributed by atoms with Crippen LogP contribution in [0.1, 0.15) is 23.3 Å². The summed E-state index contributed by atoms with van der Waals surface area (Å²) in [7, 11) is 0. The third kappa shape index (κ3) is 3.10. The largest absolute Gasteiger partial charge is 0.370 e. The van der Waals surface area contributed by atoms with Gasteiger partial charge in [0.1, 0.15) is 0 Å². The van der Waals surface area contributed by atoms with Crippen LogP contribution in [0.25, 0.3) is 10.9 Å². The maximum Gasteiger partial charge on any atom is 0.227 e. The minimum atomic E-state index is 0.0888. The number of fused-ring (bicyclic) bond motifs is 2. The highest BCUT2D eigenvalue weighted by atomic mass is 32.1. The van der Waals surface area contributed by atoms with Crippen LogP contribution < -0.4 is 4.90 Å². The Morgan fingerprint density at radius 3 is 3.04 bits per heavy atom. The van der Waals surface area contributed by atoms with E-state index in [0.29, 0.717) is 5.91 Å². The molecule has 2 aliphatic rings. The predicted molar refractivity (Wildman–Crippen MR) is 110 cm³/mol. The van der Waals surface area contributed by atoms with Gasteiger partial charge in [-0.2, -0.15) is 0 Å². The maximum absolute atomic E-state index is 13.2. The van der Waals surface area contributed by atoms with Gasteiger partial charge in [-0.05, 0) is 48.4 Å². The third-order valence-electron chi connectivity index (χ3n) is 5.86. The van der Waals surface area contributed by atoms with E-state index in [2.05, 4.69) is 50.5 Å². The van der Waals surface area contributed by atoms with Crippen molar-refractivity contribution in [3.8, 4) is 0 Å². The van der Waals surface area contributed by atoms with Gasteiger partial charge in [-0.1, -0.05) is 18.2 Å². The molecular formula is C22H23N3OS. The second kappa shape index (κ2) is 6.97. The Kier molecular flexibility index (Phi) is 4.32. The monoisotopic (exact) mass is 377 g/mol.